The molecule has 26 heavy (non-hydrogen) atoms. The number of hydrogen-bond donors (Lipinski definition) is 1. The summed E-state index contributed by atoms with van der Waals surface area (Å²) in [5.74, 6) is 1.72. The first-order valence-electron chi connectivity index (χ1n) is 10.4. The van der Waals surface area contributed by atoms with Gasteiger partial charge in [0.05, 0.1) is 0 Å². The van der Waals surface area contributed by atoms with Gasteiger partial charge in [0.25, 0.3) is 0 Å². The standard InChI is InChI=1S/C23H33NOS/c25-22(23-24-17-18-26-23)16-15-21-14-8-13-20(21)12-7-2-1-4-9-19-10-5-3-6-11-19/h3,5-6,10-11,17-18,20-22,25H,1-2,4,7-9,12-16H2/t20?,21-,22?/m1/s1. The van der Waals surface area contributed by atoms with E-state index < -0.39 is 0 Å². The highest BCUT2D eigenvalue weighted by atomic mass is 32.1. The van der Waals surface area contributed by atoms with Gasteiger partial charge in [-0.2, -0.15) is 0 Å². The highest BCUT2D eigenvalue weighted by Crippen LogP contribution is 2.39. The molecule has 2 nitrogen and oxygen atoms in total. The van der Waals surface area contributed by atoms with E-state index in [0.717, 1.165) is 23.3 Å². The number of thiazole rings is 1. The van der Waals surface area contributed by atoms with E-state index in [0.29, 0.717) is 0 Å². The van der Waals surface area contributed by atoms with Gasteiger partial charge in [-0.05, 0) is 43.1 Å². The van der Waals surface area contributed by atoms with Crippen molar-refractivity contribution < 1.29 is 5.11 Å². The third-order valence-corrected chi connectivity index (χ3v) is 6.87. The second kappa shape index (κ2) is 10.8. The zero-order valence-electron chi connectivity index (χ0n) is 15.9. The van der Waals surface area contributed by atoms with Crippen LogP contribution in [-0.2, 0) is 6.42 Å². The number of aliphatic hydroxyl groups is 1. The molecule has 2 aromatic rings. The summed E-state index contributed by atoms with van der Waals surface area (Å²) in [5.41, 5.74) is 1.47. The minimum absolute atomic E-state index is 0.353. The van der Waals surface area contributed by atoms with E-state index in [1.807, 2.05) is 5.38 Å². The van der Waals surface area contributed by atoms with Crippen LogP contribution in [0.1, 0.15) is 80.9 Å². The van der Waals surface area contributed by atoms with Crippen molar-refractivity contribution in [2.75, 3.05) is 0 Å². The molecular weight excluding hydrogens is 338 g/mol. The lowest BCUT2D eigenvalue weighted by atomic mass is 9.86. The number of unbranched alkanes of at least 4 members (excludes halogenated alkanes) is 3. The average molecular weight is 372 g/mol. The number of nitrogens with zero attached hydrogens (tertiary/aromatic N) is 1. The molecule has 1 saturated carbocycles. The van der Waals surface area contributed by atoms with Crippen molar-refractivity contribution in [3.05, 3.63) is 52.5 Å². The predicted octanol–water partition coefficient (Wildman–Crippen LogP) is 6.57. The van der Waals surface area contributed by atoms with Crippen LogP contribution in [0.2, 0.25) is 0 Å². The molecule has 3 heteroatoms. The first-order chi connectivity index (χ1) is 12.8. The molecule has 3 atom stereocenters. The Morgan fingerprint density at radius 1 is 1.00 bits per heavy atom. The number of rotatable bonds is 11. The van der Waals surface area contributed by atoms with Gasteiger partial charge in [-0.3, -0.25) is 0 Å². The fourth-order valence-corrected chi connectivity index (χ4v) is 5.16. The molecule has 142 valence electrons. The van der Waals surface area contributed by atoms with Gasteiger partial charge in [-0.25, -0.2) is 4.98 Å². The number of benzene rings is 1. The fraction of sp³-hybridized carbons (Fsp3) is 0.609. The van der Waals surface area contributed by atoms with Crippen LogP contribution in [-0.4, -0.2) is 10.1 Å². The molecule has 2 unspecified atom stereocenters. The quantitative estimate of drug-likeness (QED) is 0.453. The molecule has 0 radical (unpaired) electrons. The van der Waals surface area contributed by atoms with Crippen molar-refractivity contribution in [1.29, 1.82) is 0 Å². The van der Waals surface area contributed by atoms with Gasteiger partial charge in [-0.15, -0.1) is 11.3 Å². The zero-order valence-corrected chi connectivity index (χ0v) is 16.7. The Labute approximate surface area is 162 Å². The van der Waals surface area contributed by atoms with Crippen LogP contribution in [0.15, 0.2) is 41.9 Å². The molecule has 0 aliphatic heterocycles. The van der Waals surface area contributed by atoms with Crippen LogP contribution in [0, 0.1) is 11.8 Å². The Balaban J connectivity index is 1.27. The normalized spacial score (nSPS) is 21.1. The highest BCUT2D eigenvalue weighted by Gasteiger charge is 2.27. The van der Waals surface area contributed by atoms with Crippen molar-refractivity contribution in [2.45, 2.75) is 76.7 Å². The van der Waals surface area contributed by atoms with Crippen LogP contribution in [0.3, 0.4) is 0 Å². The Hall–Kier alpha value is -1.19. The largest absolute Gasteiger partial charge is 0.386 e. The molecule has 0 bridgehead atoms. The lowest BCUT2D eigenvalue weighted by Gasteiger charge is -2.20. The predicted molar refractivity (Wildman–Crippen MR) is 110 cm³/mol. The van der Waals surface area contributed by atoms with Gasteiger partial charge < -0.3 is 5.11 Å². The van der Waals surface area contributed by atoms with Gasteiger partial charge in [0.1, 0.15) is 11.1 Å². The summed E-state index contributed by atoms with van der Waals surface area (Å²) in [6.07, 6.45) is 15.7. The minimum Gasteiger partial charge on any atom is -0.386 e. The molecule has 0 saturated heterocycles. The van der Waals surface area contributed by atoms with Crippen LogP contribution < -0.4 is 0 Å². The topological polar surface area (TPSA) is 33.1 Å². The summed E-state index contributed by atoms with van der Waals surface area (Å²) in [5, 5.41) is 13.1. The zero-order chi connectivity index (χ0) is 18.0. The summed E-state index contributed by atoms with van der Waals surface area (Å²) in [7, 11) is 0. The number of aryl methyl sites for hydroxylation is 1. The maximum absolute atomic E-state index is 10.3. The van der Waals surface area contributed by atoms with E-state index in [-0.39, 0.29) is 6.10 Å². The number of aliphatic hydroxyl groups excluding tert-OH is 1. The van der Waals surface area contributed by atoms with Gasteiger partial charge in [-0.1, -0.05) is 75.3 Å². The number of hydrogen-bond acceptors (Lipinski definition) is 3. The molecule has 1 aromatic carbocycles. The molecule has 0 spiro atoms. The Bertz CT molecular complexity index is 598. The number of aromatic nitrogens is 1. The van der Waals surface area contributed by atoms with E-state index in [2.05, 4.69) is 35.3 Å². The first-order valence-corrected chi connectivity index (χ1v) is 11.3. The van der Waals surface area contributed by atoms with Crippen LogP contribution in [0.4, 0.5) is 0 Å². The van der Waals surface area contributed by atoms with E-state index in [1.54, 1.807) is 17.5 Å². The lowest BCUT2D eigenvalue weighted by Crippen LogP contribution is -2.10. The SMILES string of the molecule is OC(CC[C@H]1CCCC1CCCCCCc1ccccc1)c1nccs1. The molecule has 0 amide bonds. The molecule has 1 fully saturated rings. The van der Waals surface area contributed by atoms with Gasteiger partial charge in [0.2, 0.25) is 0 Å². The van der Waals surface area contributed by atoms with E-state index in [4.69, 9.17) is 0 Å². The third kappa shape index (κ3) is 6.21. The Morgan fingerprint density at radius 2 is 1.77 bits per heavy atom. The monoisotopic (exact) mass is 371 g/mol. The molecular formula is C23H33NOS. The minimum atomic E-state index is -0.353. The van der Waals surface area contributed by atoms with Gasteiger partial charge in [0.15, 0.2) is 0 Å². The smallest absolute Gasteiger partial charge is 0.121 e. The van der Waals surface area contributed by atoms with Crippen LogP contribution in [0.25, 0.3) is 0 Å². The second-order valence-corrected chi connectivity index (χ2v) is 8.78. The summed E-state index contributed by atoms with van der Waals surface area (Å²) in [6, 6.07) is 10.9. The molecule has 1 aliphatic carbocycles. The fourth-order valence-electron chi connectivity index (χ4n) is 4.50. The van der Waals surface area contributed by atoms with Crippen molar-refractivity contribution in [2.24, 2.45) is 11.8 Å². The molecule has 1 aromatic heterocycles. The molecule has 1 N–H and O–H groups in total. The first kappa shape index (κ1) is 19.6. The highest BCUT2D eigenvalue weighted by molar-refractivity contribution is 7.09. The van der Waals surface area contributed by atoms with Crippen LogP contribution >= 0.6 is 11.3 Å². The third-order valence-electron chi connectivity index (χ3n) is 6.00. The second-order valence-electron chi connectivity index (χ2n) is 7.85. The van der Waals surface area contributed by atoms with Crippen molar-refractivity contribution >= 4 is 11.3 Å². The van der Waals surface area contributed by atoms with Gasteiger partial charge >= 0.3 is 0 Å². The van der Waals surface area contributed by atoms with Crippen molar-refractivity contribution in [3.63, 3.8) is 0 Å². The summed E-state index contributed by atoms with van der Waals surface area (Å²) >= 11 is 1.57. The van der Waals surface area contributed by atoms with E-state index in [1.165, 1.54) is 69.8 Å². The van der Waals surface area contributed by atoms with Crippen molar-refractivity contribution in [1.82, 2.24) is 4.98 Å². The maximum Gasteiger partial charge on any atom is 0.121 e. The van der Waals surface area contributed by atoms with E-state index in [9.17, 15) is 5.11 Å². The molecule has 1 aliphatic rings. The van der Waals surface area contributed by atoms with Gasteiger partial charge in [0, 0.05) is 11.6 Å². The lowest BCUT2D eigenvalue weighted by molar-refractivity contribution is 0.150. The van der Waals surface area contributed by atoms with Crippen LogP contribution in [0.5, 0.6) is 0 Å². The van der Waals surface area contributed by atoms with E-state index >= 15 is 0 Å². The molecule has 3 rings (SSSR count). The molecule has 1 heterocycles. The Morgan fingerprint density at radius 3 is 2.54 bits per heavy atom. The average Bonchev–Trinajstić information content (AvgIpc) is 3.35. The summed E-state index contributed by atoms with van der Waals surface area (Å²) < 4.78 is 0. The van der Waals surface area contributed by atoms with Crippen molar-refractivity contribution in [3.8, 4) is 0 Å². The maximum atomic E-state index is 10.3. The summed E-state index contributed by atoms with van der Waals surface area (Å²) in [4.78, 5) is 4.25. The summed E-state index contributed by atoms with van der Waals surface area (Å²) in [6.45, 7) is 0. The Kier molecular flexibility index (Phi) is 8.16.